The Morgan fingerprint density at radius 3 is 2.69 bits per heavy atom. The van der Waals surface area contributed by atoms with Crippen molar-refractivity contribution in [2.24, 2.45) is 5.92 Å². The fraction of sp³-hybridized carbons (Fsp3) is 0.300. The SMILES string of the molecule is CC(C)CN1C(=O)CSC1c1cnccc1-c1ccc(C=C(F)F)cc1. The van der Waals surface area contributed by atoms with Crippen LogP contribution in [-0.2, 0) is 4.79 Å². The highest BCUT2D eigenvalue weighted by molar-refractivity contribution is 8.00. The van der Waals surface area contributed by atoms with Crippen molar-refractivity contribution in [2.75, 3.05) is 12.3 Å². The Morgan fingerprint density at radius 1 is 1.31 bits per heavy atom. The smallest absolute Gasteiger partial charge is 0.270 e. The van der Waals surface area contributed by atoms with Gasteiger partial charge < -0.3 is 4.90 Å². The van der Waals surface area contributed by atoms with Crippen molar-refractivity contribution in [2.45, 2.75) is 19.2 Å². The molecule has 1 unspecified atom stereocenters. The minimum Gasteiger partial charge on any atom is -0.325 e. The third-order valence-corrected chi connectivity index (χ3v) is 5.38. The molecule has 1 atom stereocenters. The van der Waals surface area contributed by atoms with E-state index in [4.69, 9.17) is 0 Å². The van der Waals surface area contributed by atoms with Gasteiger partial charge in [0.25, 0.3) is 6.08 Å². The number of aromatic nitrogens is 1. The van der Waals surface area contributed by atoms with E-state index in [1.807, 2.05) is 23.1 Å². The third-order valence-electron chi connectivity index (χ3n) is 4.15. The van der Waals surface area contributed by atoms with E-state index in [1.165, 1.54) is 0 Å². The van der Waals surface area contributed by atoms with Crippen molar-refractivity contribution >= 4 is 23.7 Å². The summed E-state index contributed by atoms with van der Waals surface area (Å²) in [4.78, 5) is 18.5. The minimum atomic E-state index is -1.72. The zero-order valence-electron chi connectivity index (χ0n) is 14.7. The Balaban J connectivity index is 1.96. The lowest BCUT2D eigenvalue weighted by atomic mass is 9.99. The van der Waals surface area contributed by atoms with E-state index in [1.54, 1.807) is 36.3 Å². The maximum Gasteiger partial charge on any atom is 0.270 e. The molecule has 1 aromatic heterocycles. The van der Waals surface area contributed by atoms with Crippen LogP contribution in [-0.4, -0.2) is 28.1 Å². The average Bonchev–Trinajstić information content (AvgIpc) is 2.95. The molecular weight excluding hydrogens is 354 g/mol. The quantitative estimate of drug-likeness (QED) is 0.720. The summed E-state index contributed by atoms with van der Waals surface area (Å²) in [6.07, 6.45) is 2.64. The van der Waals surface area contributed by atoms with Crippen LogP contribution in [0.3, 0.4) is 0 Å². The van der Waals surface area contributed by atoms with Crippen LogP contribution >= 0.6 is 11.8 Å². The molecule has 0 saturated carbocycles. The normalized spacial score (nSPS) is 17.0. The summed E-state index contributed by atoms with van der Waals surface area (Å²) < 4.78 is 24.8. The second-order valence-electron chi connectivity index (χ2n) is 6.62. The molecule has 3 rings (SSSR count). The maximum atomic E-state index is 12.4. The molecule has 1 aliphatic heterocycles. The van der Waals surface area contributed by atoms with Crippen molar-refractivity contribution < 1.29 is 13.6 Å². The molecule has 1 aromatic carbocycles. The molecule has 0 N–H and O–H groups in total. The summed E-state index contributed by atoms with van der Waals surface area (Å²) in [5.74, 6) is 0.981. The van der Waals surface area contributed by atoms with Gasteiger partial charge in [0.15, 0.2) is 0 Å². The van der Waals surface area contributed by atoms with Crippen molar-refractivity contribution in [1.82, 2.24) is 9.88 Å². The summed E-state index contributed by atoms with van der Waals surface area (Å²) in [6.45, 7) is 4.88. The predicted octanol–water partition coefficient (Wildman–Crippen LogP) is 5.22. The lowest BCUT2D eigenvalue weighted by Crippen LogP contribution is -2.31. The van der Waals surface area contributed by atoms with Crippen LogP contribution in [0.15, 0.2) is 48.8 Å². The molecular formula is C20H20F2N2OS. The van der Waals surface area contributed by atoms with Gasteiger partial charge in [-0.05, 0) is 28.7 Å². The molecule has 0 radical (unpaired) electrons. The van der Waals surface area contributed by atoms with Gasteiger partial charge in [-0.2, -0.15) is 8.78 Å². The van der Waals surface area contributed by atoms with Crippen LogP contribution < -0.4 is 0 Å². The standard InChI is InChI=1S/C20H20F2N2OS/c1-13(2)11-24-19(25)12-26-20(24)17-10-23-8-7-16(17)15-5-3-14(4-6-15)9-18(21)22/h3-10,13,20H,11-12H2,1-2H3. The van der Waals surface area contributed by atoms with Crippen LogP contribution in [0.25, 0.3) is 17.2 Å². The molecule has 6 heteroatoms. The molecule has 1 aliphatic rings. The number of carbonyl (C=O) groups is 1. The highest BCUT2D eigenvalue weighted by atomic mass is 32.2. The molecule has 26 heavy (non-hydrogen) atoms. The van der Waals surface area contributed by atoms with Crippen LogP contribution in [0, 0.1) is 5.92 Å². The van der Waals surface area contributed by atoms with Gasteiger partial charge in [-0.15, -0.1) is 11.8 Å². The van der Waals surface area contributed by atoms with Gasteiger partial charge in [0.2, 0.25) is 5.91 Å². The maximum absolute atomic E-state index is 12.4. The first-order valence-electron chi connectivity index (χ1n) is 8.44. The fourth-order valence-electron chi connectivity index (χ4n) is 3.05. The fourth-order valence-corrected chi connectivity index (χ4v) is 4.27. The number of amides is 1. The van der Waals surface area contributed by atoms with Gasteiger partial charge in [-0.1, -0.05) is 38.1 Å². The van der Waals surface area contributed by atoms with Gasteiger partial charge in [0.1, 0.15) is 5.37 Å². The van der Waals surface area contributed by atoms with Gasteiger partial charge in [0, 0.05) is 30.6 Å². The largest absolute Gasteiger partial charge is 0.325 e. The van der Waals surface area contributed by atoms with E-state index in [-0.39, 0.29) is 11.3 Å². The second-order valence-corrected chi connectivity index (χ2v) is 7.69. The first-order chi connectivity index (χ1) is 12.5. The van der Waals surface area contributed by atoms with Crippen LogP contribution in [0.2, 0.25) is 0 Å². The Labute approximate surface area is 156 Å². The van der Waals surface area contributed by atoms with Crippen molar-refractivity contribution in [3.63, 3.8) is 0 Å². The Hall–Kier alpha value is -2.21. The van der Waals surface area contributed by atoms with E-state index >= 15 is 0 Å². The molecule has 0 aliphatic carbocycles. The van der Waals surface area contributed by atoms with Crippen LogP contribution in [0.5, 0.6) is 0 Å². The van der Waals surface area contributed by atoms with E-state index in [0.29, 0.717) is 23.8 Å². The molecule has 1 amide bonds. The van der Waals surface area contributed by atoms with E-state index in [2.05, 4.69) is 18.8 Å². The predicted molar refractivity (Wildman–Crippen MR) is 102 cm³/mol. The highest BCUT2D eigenvalue weighted by Gasteiger charge is 2.34. The molecule has 2 aromatic rings. The average molecular weight is 374 g/mol. The van der Waals surface area contributed by atoms with Gasteiger partial charge in [0.05, 0.1) is 5.75 Å². The van der Waals surface area contributed by atoms with Gasteiger partial charge in [-0.3, -0.25) is 9.78 Å². The lowest BCUT2D eigenvalue weighted by Gasteiger charge is -2.27. The Bertz CT molecular complexity index is 817. The van der Waals surface area contributed by atoms with E-state index < -0.39 is 6.08 Å². The molecule has 1 saturated heterocycles. The summed E-state index contributed by atoms with van der Waals surface area (Å²) in [5, 5.41) is -0.0727. The first-order valence-corrected chi connectivity index (χ1v) is 9.48. The van der Waals surface area contributed by atoms with Crippen LogP contribution in [0.4, 0.5) is 8.78 Å². The number of rotatable bonds is 5. The zero-order valence-corrected chi connectivity index (χ0v) is 15.5. The van der Waals surface area contributed by atoms with Crippen molar-refractivity contribution in [3.05, 3.63) is 59.9 Å². The van der Waals surface area contributed by atoms with Crippen molar-refractivity contribution in [3.8, 4) is 11.1 Å². The van der Waals surface area contributed by atoms with Crippen LogP contribution in [0.1, 0.15) is 30.3 Å². The summed E-state index contributed by atoms with van der Waals surface area (Å²) in [5.41, 5.74) is 3.32. The number of carbonyl (C=O) groups excluding carboxylic acids is 1. The topological polar surface area (TPSA) is 33.2 Å². The lowest BCUT2D eigenvalue weighted by molar-refractivity contribution is -0.128. The number of thioether (sulfide) groups is 1. The second kappa shape index (κ2) is 7.99. The molecule has 136 valence electrons. The number of nitrogens with zero attached hydrogens (tertiary/aromatic N) is 2. The molecule has 0 spiro atoms. The third kappa shape index (κ3) is 4.12. The molecule has 2 heterocycles. The van der Waals surface area contributed by atoms with Gasteiger partial charge in [-0.25, -0.2) is 0 Å². The Kier molecular flexibility index (Phi) is 5.71. The number of hydrogen-bond donors (Lipinski definition) is 0. The van der Waals surface area contributed by atoms with Crippen molar-refractivity contribution in [1.29, 1.82) is 0 Å². The number of halogens is 2. The molecule has 0 bridgehead atoms. The monoisotopic (exact) mass is 374 g/mol. The number of pyridine rings is 1. The molecule has 3 nitrogen and oxygen atoms in total. The highest BCUT2D eigenvalue weighted by Crippen LogP contribution is 2.42. The number of hydrogen-bond acceptors (Lipinski definition) is 3. The first kappa shape index (κ1) is 18.6. The number of benzene rings is 1. The summed E-state index contributed by atoms with van der Waals surface area (Å²) >= 11 is 1.60. The van der Waals surface area contributed by atoms with Gasteiger partial charge >= 0.3 is 0 Å². The van der Waals surface area contributed by atoms with E-state index in [0.717, 1.165) is 22.8 Å². The zero-order chi connectivity index (χ0) is 18.7. The Morgan fingerprint density at radius 2 is 2.04 bits per heavy atom. The summed E-state index contributed by atoms with van der Waals surface area (Å²) in [7, 11) is 0. The summed E-state index contributed by atoms with van der Waals surface area (Å²) in [6, 6.07) is 8.88. The molecule has 1 fully saturated rings. The minimum absolute atomic E-state index is 0.0727. The van der Waals surface area contributed by atoms with E-state index in [9.17, 15) is 13.6 Å².